The molecule has 0 bridgehead atoms. The van der Waals surface area contributed by atoms with Crippen molar-refractivity contribution in [2.75, 3.05) is 18.4 Å². The van der Waals surface area contributed by atoms with Gasteiger partial charge >= 0.3 is 0 Å². The van der Waals surface area contributed by atoms with E-state index in [0.717, 1.165) is 28.6 Å². The number of carbonyl (C=O) groups excluding carboxylic acids is 2. The third-order valence-electron chi connectivity index (χ3n) is 3.61. The summed E-state index contributed by atoms with van der Waals surface area (Å²) in [6, 6.07) is 7.19. The predicted octanol–water partition coefficient (Wildman–Crippen LogP) is 4.49. The molecule has 0 aliphatic rings. The number of aromatic nitrogens is 1. The summed E-state index contributed by atoms with van der Waals surface area (Å²) >= 11 is 4.79. The van der Waals surface area contributed by atoms with Crippen LogP contribution < -0.4 is 5.32 Å². The maximum atomic E-state index is 12.8. The Bertz CT molecular complexity index is 715. The first kappa shape index (κ1) is 19.6. The van der Waals surface area contributed by atoms with Gasteiger partial charge in [0.15, 0.2) is 5.13 Å². The number of aryl methyl sites for hydroxylation is 1. The zero-order chi connectivity index (χ0) is 18.2. The van der Waals surface area contributed by atoms with E-state index in [4.69, 9.17) is 0 Å². The average molecular weight is 424 g/mol. The smallest absolute Gasteiger partial charge is 0.254 e. The van der Waals surface area contributed by atoms with Crippen LogP contribution in [0.3, 0.4) is 0 Å². The summed E-state index contributed by atoms with van der Waals surface area (Å²) in [4.78, 5) is 31.8. The van der Waals surface area contributed by atoms with Crippen LogP contribution in [0.4, 0.5) is 5.13 Å². The Morgan fingerprint density at radius 1 is 1.24 bits per heavy atom. The molecule has 2 aromatic rings. The van der Waals surface area contributed by atoms with Crippen molar-refractivity contribution >= 4 is 44.2 Å². The Kier molecular flexibility index (Phi) is 7.58. The minimum Gasteiger partial charge on any atom is -0.329 e. The van der Waals surface area contributed by atoms with Gasteiger partial charge in [0, 0.05) is 27.7 Å². The van der Waals surface area contributed by atoms with E-state index < -0.39 is 0 Å². The second kappa shape index (κ2) is 9.68. The molecule has 5 nitrogen and oxygen atoms in total. The normalized spacial score (nSPS) is 10.5. The highest BCUT2D eigenvalue weighted by Crippen LogP contribution is 2.17. The molecule has 1 N–H and O–H groups in total. The molecule has 134 valence electrons. The molecule has 0 aliphatic heterocycles. The minimum atomic E-state index is -0.226. The number of nitrogens with one attached hydrogen (secondary N) is 1. The summed E-state index contributed by atoms with van der Waals surface area (Å²) in [7, 11) is 0. The topological polar surface area (TPSA) is 62.3 Å². The fourth-order valence-corrected chi connectivity index (χ4v) is 3.27. The lowest BCUT2D eigenvalue weighted by molar-refractivity contribution is -0.116. The minimum absolute atomic E-state index is 0.0250. The highest BCUT2D eigenvalue weighted by Gasteiger charge is 2.19. The summed E-state index contributed by atoms with van der Waals surface area (Å²) in [5.74, 6) is -0.356. The van der Waals surface area contributed by atoms with E-state index in [1.807, 2.05) is 19.1 Å². The van der Waals surface area contributed by atoms with Gasteiger partial charge in [0.25, 0.3) is 5.91 Å². The number of hydrogen-bond acceptors (Lipinski definition) is 4. The first-order valence-electron chi connectivity index (χ1n) is 8.26. The van der Waals surface area contributed by atoms with Crippen molar-refractivity contribution in [3.05, 3.63) is 45.4 Å². The van der Waals surface area contributed by atoms with Crippen molar-refractivity contribution in [3.63, 3.8) is 0 Å². The van der Waals surface area contributed by atoms with Crippen LogP contribution in [-0.2, 0) is 4.79 Å². The number of nitrogens with zero attached hydrogens (tertiary/aromatic N) is 2. The lowest BCUT2D eigenvalue weighted by Gasteiger charge is -2.22. The van der Waals surface area contributed by atoms with E-state index in [0.29, 0.717) is 17.2 Å². The van der Waals surface area contributed by atoms with E-state index in [-0.39, 0.29) is 18.4 Å². The van der Waals surface area contributed by atoms with Gasteiger partial charge in [0.1, 0.15) is 6.54 Å². The number of anilines is 1. The fourth-order valence-electron chi connectivity index (χ4n) is 2.32. The molecule has 0 spiro atoms. The molecule has 25 heavy (non-hydrogen) atoms. The number of amides is 2. The number of hydrogen-bond donors (Lipinski definition) is 1. The summed E-state index contributed by atoms with van der Waals surface area (Å²) < 4.78 is 0.915. The van der Waals surface area contributed by atoms with Crippen molar-refractivity contribution in [1.29, 1.82) is 0 Å². The van der Waals surface area contributed by atoms with E-state index in [1.54, 1.807) is 23.2 Å². The quantitative estimate of drug-likeness (QED) is 0.636. The van der Waals surface area contributed by atoms with Crippen molar-refractivity contribution in [1.82, 2.24) is 9.88 Å². The molecule has 0 fully saturated rings. The maximum Gasteiger partial charge on any atom is 0.254 e. The first-order chi connectivity index (χ1) is 12.0. The molecule has 1 aromatic carbocycles. The number of carbonyl (C=O) groups is 2. The molecular formula is C18H22BrN3O2S. The van der Waals surface area contributed by atoms with Crippen LogP contribution in [0.1, 0.15) is 41.4 Å². The summed E-state index contributed by atoms with van der Waals surface area (Å²) in [6.07, 6.45) is 4.68. The highest BCUT2D eigenvalue weighted by molar-refractivity contribution is 9.10. The van der Waals surface area contributed by atoms with Gasteiger partial charge in [-0.1, -0.05) is 35.7 Å². The standard InChI is InChI=1S/C18H22BrN3O2S/c1-3-4-5-10-22(17(24)14-6-8-15(19)9-7-14)12-16(23)21-18-20-11-13(2)25-18/h6-9,11H,3-5,10,12H2,1-2H3,(H,20,21,23). The number of thiazole rings is 1. The van der Waals surface area contributed by atoms with Crippen LogP contribution in [0, 0.1) is 6.92 Å². The molecule has 0 aliphatic carbocycles. The Balaban J connectivity index is 2.04. The van der Waals surface area contributed by atoms with Gasteiger partial charge in [-0.2, -0.15) is 0 Å². The molecule has 0 atom stereocenters. The largest absolute Gasteiger partial charge is 0.329 e. The third-order valence-corrected chi connectivity index (χ3v) is 4.97. The fraction of sp³-hybridized carbons (Fsp3) is 0.389. The number of unbranched alkanes of at least 4 members (excludes halogenated alkanes) is 2. The van der Waals surface area contributed by atoms with E-state index in [1.165, 1.54) is 11.3 Å². The zero-order valence-corrected chi connectivity index (χ0v) is 16.8. The van der Waals surface area contributed by atoms with Gasteiger partial charge in [-0.15, -0.1) is 11.3 Å². The lowest BCUT2D eigenvalue weighted by Crippen LogP contribution is -2.38. The second-order valence-electron chi connectivity index (χ2n) is 5.76. The monoisotopic (exact) mass is 423 g/mol. The summed E-state index contributed by atoms with van der Waals surface area (Å²) in [5.41, 5.74) is 0.581. The van der Waals surface area contributed by atoms with Crippen molar-refractivity contribution < 1.29 is 9.59 Å². The van der Waals surface area contributed by atoms with Crippen LogP contribution >= 0.6 is 27.3 Å². The molecular weight excluding hydrogens is 402 g/mol. The van der Waals surface area contributed by atoms with Crippen molar-refractivity contribution in [2.45, 2.75) is 33.1 Å². The molecule has 0 radical (unpaired) electrons. The number of rotatable bonds is 8. The molecule has 0 unspecified atom stereocenters. The van der Waals surface area contributed by atoms with Gasteiger partial charge in [-0.3, -0.25) is 9.59 Å². The molecule has 1 heterocycles. The van der Waals surface area contributed by atoms with E-state index >= 15 is 0 Å². The zero-order valence-electron chi connectivity index (χ0n) is 14.4. The lowest BCUT2D eigenvalue weighted by atomic mass is 10.1. The van der Waals surface area contributed by atoms with Gasteiger partial charge in [-0.05, 0) is 37.6 Å². The predicted molar refractivity (Wildman–Crippen MR) is 105 cm³/mol. The molecule has 2 rings (SSSR count). The molecule has 2 amide bonds. The van der Waals surface area contributed by atoms with E-state index in [2.05, 4.69) is 33.2 Å². The maximum absolute atomic E-state index is 12.8. The second-order valence-corrected chi connectivity index (χ2v) is 7.92. The summed E-state index contributed by atoms with van der Waals surface area (Å²) in [6.45, 7) is 4.63. The first-order valence-corrected chi connectivity index (χ1v) is 9.87. The summed E-state index contributed by atoms with van der Waals surface area (Å²) in [5, 5.41) is 3.33. The van der Waals surface area contributed by atoms with Crippen molar-refractivity contribution in [3.8, 4) is 0 Å². The molecule has 0 saturated heterocycles. The molecule has 1 aromatic heterocycles. The highest BCUT2D eigenvalue weighted by atomic mass is 79.9. The van der Waals surface area contributed by atoms with E-state index in [9.17, 15) is 9.59 Å². The van der Waals surface area contributed by atoms with Crippen LogP contribution in [0.15, 0.2) is 34.9 Å². The van der Waals surface area contributed by atoms with Crippen LogP contribution in [0.25, 0.3) is 0 Å². The Morgan fingerprint density at radius 3 is 2.56 bits per heavy atom. The van der Waals surface area contributed by atoms with Crippen LogP contribution in [0.2, 0.25) is 0 Å². The number of benzene rings is 1. The molecule has 7 heteroatoms. The number of halogens is 1. The SMILES string of the molecule is CCCCCN(CC(=O)Nc1ncc(C)s1)C(=O)c1ccc(Br)cc1. The van der Waals surface area contributed by atoms with Gasteiger partial charge < -0.3 is 10.2 Å². The van der Waals surface area contributed by atoms with Crippen LogP contribution in [0.5, 0.6) is 0 Å². The van der Waals surface area contributed by atoms with Crippen LogP contribution in [-0.4, -0.2) is 34.8 Å². The van der Waals surface area contributed by atoms with Crippen molar-refractivity contribution in [2.24, 2.45) is 0 Å². The Labute approximate surface area is 160 Å². The average Bonchev–Trinajstić information content (AvgIpc) is 2.99. The third kappa shape index (κ3) is 6.25. The Morgan fingerprint density at radius 2 is 1.96 bits per heavy atom. The molecule has 0 saturated carbocycles. The van der Waals surface area contributed by atoms with Gasteiger partial charge in [0.05, 0.1) is 0 Å². The Hall–Kier alpha value is -1.73. The van der Waals surface area contributed by atoms with Gasteiger partial charge in [0.2, 0.25) is 5.91 Å². The van der Waals surface area contributed by atoms with Gasteiger partial charge in [-0.25, -0.2) is 4.98 Å².